The van der Waals surface area contributed by atoms with Gasteiger partial charge in [-0.1, -0.05) is 18.2 Å². The van der Waals surface area contributed by atoms with Crippen LogP contribution in [0.2, 0.25) is 0 Å². The standard InChI is InChI=1S/C16H23NO5S2/c1-12(2)24(19,20)17-16-7-5-4-6-15(16)13-8-10-14(11-9-13)22-23(18)21-3/h6,8-12,16-17H,4-5,7H2,1-3H3. The Morgan fingerprint density at radius 3 is 2.50 bits per heavy atom. The van der Waals surface area contributed by atoms with Crippen LogP contribution in [0.1, 0.15) is 38.7 Å². The van der Waals surface area contributed by atoms with Crippen LogP contribution in [0.5, 0.6) is 5.75 Å². The highest BCUT2D eigenvalue weighted by Crippen LogP contribution is 2.29. The highest BCUT2D eigenvalue weighted by molar-refractivity contribution is 7.90. The van der Waals surface area contributed by atoms with Crippen LogP contribution in [0, 0.1) is 0 Å². The first-order valence-corrected chi connectivity index (χ1v) is 10.3. The van der Waals surface area contributed by atoms with Gasteiger partial charge in [-0.25, -0.2) is 13.1 Å². The first kappa shape index (κ1) is 19.1. The van der Waals surface area contributed by atoms with E-state index in [-0.39, 0.29) is 6.04 Å². The SMILES string of the molecule is COS(=O)Oc1ccc(C2=CCCCC2NS(=O)(=O)C(C)C)cc1. The van der Waals surface area contributed by atoms with Crippen molar-refractivity contribution < 1.29 is 21.0 Å². The molecule has 0 amide bonds. The Morgan fingerprint density at radius 1 is 1.25 bits per heavy atom. The van der Waals surface area contributed by atoms with E-state index in [1.54, 1.807) is 26.0 Å². The molecule has 1 aliphatic carbocycles. The number of benzene rings is 1. The molecule has 0 radical (unpaired) electrons. The molecular weight excluding hydrogens is 350 g/mol. The molecule has 1 aromatic carbocycles. The third-order valence-corrected chi connectivity index (χ3v) is 6.31. The molecule has 24 heavy (non-hydrogen) atoms. The van der Waals surface area contributed by atoms with Gasteiger partial charge in [0, 0.05) is 6.04 Å². The molecule has 0 spiro atoms. The van der Waals surface area contributed by atoms with Crippen molar-refractivity contribution in [2.45, 2.75) is 44.4 Å². The molecule has 0 heterocycles. The Labute approximate surface area is 146 Å². The Balaban J connectivity index is 2.19. The molecule has 1 N–H and O–H groups in total. The third kappa shape index (κ3) is 4.89. The summed E-state index contributed by atoms with van der Waals surface area (Å²) < 4.78 is 48.0. The van der Waals surface area contributed by atoms with Crippen molar-refractivity contribution in [1.29, 1.82) is 0 Å². The van der Waals surface area contributed by atoms with E-state index in [9.17, 15) is 12.6 Å². The first-order valence-electron chi connectivity index (χ1n) is 7.79. The number of sulfonamides is 1. The van der Waals surface area contributed by atoms with E-state index in [0.29, 0.717) is 5.75 Å². The number of hydrogen-bond acceptors (Lipinski definition) is 5. The second-order valence-electron chi connectivity index (χ2n) is 5.83. The van der Waals surface area contributed by atoms with E-state index in [4.69, 9.17) is 4.18 Å². The molecule has 0 saturated carbocycles. The summed E-state index contributed by atoms with van der Waals surface area (Å²) in [6.07, 6.45) is 4.70. The minimum Gasteiger partial charge on any atom is -0.380 e. The molecule has 2 unspecified atom stereocenters. The third-order valence-electron chi connectivity index (χ3n) is 3.85. The topological polar surface area (TPSA) is 81.7 Å². The van der Waals surface area contributed by atoms with Crippen LogP contribution in [0.3, 0.4) is 0 Å². The monoisotopic (exact) mass is 373 g/mol. The average molecular weight is 373 g/mol. The lowest BCUT2D eigenvalue weighted by molar-refractivity contribution is 0.383. The molecule has 8 heteroatoms. The van der Waals surface area contributed by atoms with Crippen molar-refractivity contribution in [3.05, 3.63) is 35.9 Å². The number of nitrogens with one attached hydrogen (secondary N) is 1. The fourth-order valence-corrected chi connectivity index (χ4v) is 3.72. The molecule has 0 aliphatic heterocycles. The summed E-state index contributed by atoms with van der Waals surface area (Å²) in [5, 5.41) is -0.472. The van der Waals surface area contributed by atoms with E-state index in [2.05, 4.69) is 15.0 Å². The van der Waals surface area contributed by atoms with Crippen molar-refractivity contribution in [2.75, 3.05) is 7.11 Å². The minimum atomic E-state index is -3.34. The largest absolute Gasteiger partial charge is 0.380 e. The van der Waals surface area contributed by atoms with Gasteiger partial charge in [0.15, 0.2) is 0 Å². The summed E-state index contributed by atoms with van der Waals surface area (Å²) >= 11 is -1.82. The van der Waals surface area contributed by atoms with Gasteiger partial charge in [0.05, 0.1) is 12.4 Å². The van der Waals surface area contributed by atoms with E-state index >= 15 is 0 Å². The second-order valence-corrected chi connectivity index (χ2v) is 9.01. The number of rotatable bonds is 7. The number of hydrogen-bond donors (Lipinski definition) is 1. The Bertz CT molecular complexity index is 710. The highest BCUT2D eigenvalue weighted by atomic mass is 32.2. The summed E-state index contributed by atoms with van der Waals surface area (Å²) in [6.45, 7) is 3.33. The van der Waals surface area contributed by atoms with E-state index in [1.807, 2.05) is 12.1 Å². The van der Waals surface area contributed by atoms with Crippen LogP contribution < -0.4 is 8.91 Å². The van der Waals surface area contributed by atoms with Crippen LogP contribution >= 0.6 is 0 Å². The fourth-order valence-electron chi connectivity index (χ4n) is 2.47. The summed E-state index contributed by atoms with van der Waals surface area (Å²) in [7, 11) is -2.04. The van der Waals surface area contributed by atoms with Crippen LogP contribution in [-0.4, -0.2) is 31.0 Å². The molecule has 6 nitrogen and oxygen atoms in total. The zero-order chi connectivity index (χ0) is 17.7. The van der Waals surface area contributed by atoms with Gasteiger partial charge in [-0.05, 0) is 56.4 Å². The maximum atomic E-state index is 12.2. The molecule has 1 aliphatic rings. The molecule has 0 saturated heterocycles. The Hall–Kier alpha value is -1.22. The molecule has 1 aromatic rings. The normalized spacial score (nSPS) is 19.8. The van der Waals surface area contributed by atoms with Crippen LogP contribution in [-0.2, 0) is 25.6 Å². The van der Waals surface area contributed by atoms with Gasteiger partial charge < -0.3 is 4.18 Å². The molecule has 2 rings (SSSR count). The van der Waals surface area contributed by atoms with Crippen LogP contribution in [0.4, 0.5) is 0 Å². The molecule has 2 atom stereocenters. The lowest BCUT2D eigenvalue weighted by atomic mass is 9.90. The first-order chi connectivity index (χ1) is 11.3. The zero-order valence-corrected chi connectivity index (χ0v) is 15.7. The van der Waals surface area contributed by atoms with Gasteiger partial charge in [-0.2, -0.15) is 4.21 Å². The van der Waals surface area contributed by atoms with Gasteiger partial charge in [-0.15, -0.1) is 0 Å². The Morgan fingerprint density at radius 2 is 1.92 bits per heavy atom. The molecule has 0 fully saturated rings. The highest BCUT2D eigenvalue weighted by Gasteiger charge is 2.26. The van der Waals surface area contributed by atoms with Crippen molar-refractivity contribution >= 4 is 27.0 Å². The van der Waals surface area contributed by atoms with Crippen LogP contribution in [0.25, 0.3) is 5.57 Å². The molecule has 0 aromatic heterocycles. The van der Waals surface area contributed by atoms with Gasteiger partial charge >= 0.3 is 11.4 Å². The molecule has 134 valence electrons. The lowest BCUT2D eigenvalue weighted by Gasteiger charge is -2.26. The van der Waals surface area contributed by atoms with Gasteiger partial charge in [0.25, 0.3) is 0 Å². The van der Waals surface area contributed by atoms with Gasteiger partial charge in [-0.3, -0.25) is 4.18 Å². The zero-order valence-electron chi connectivity index (χ0n) is 14.0. The number of allylic oxidation sites excluding steroid dienone is 1. The van der Waals surface area contributed by atoms with E-state index < -0.39 is 26.6 Å². The lowest BCUT2D eigenvalue weighted by Crippen LogP contribution is -2.40. The van der Waals surface area contributed by atoms with Crippen molar-refractivity contribution in [1.82, 2.24) is 4.72 Å². The van der Waals surface area contributed by atoms with Crippen molar-refractivity contribution in [3.8, 4) is 5.75 Å². The minimum absolute atomic E-state index is 0.231. The summed E-state index contributed by atoms with van der Waals surface area (Å²) in [4.78, 5) is 0. The van der Waals surface area contributed by atoms with E-state index in [0.717, 1.165) is 30.4 Å². The summed E-state index contributed by atoms with van der Waals surface area (Å²) in [6, 6.07) is 6.81. The predicted molar refractivity (Wildman–Crippen MR) is 95.0 cm³/mol. The molecular formula is C16H23NO5S2. The molecule has 0 bridgehead atoms. The van der Waals surface area contributed by atoms with Gasteiger partial charge in [0.1, 0.15) is 5.75 Å². The van der Waals surface area contributed by atoms with Crippen molar-refractivity contribution in [2.24, 2.45) is 0 Å². The maximum absolute atomic E-state index is 12.2. The van der Waals surface area contributed by atoms with Crippen molar-refractivity contribution in [3.63, 3.8) is 0 Å². The van der Waals surface area contributed by atoms with Gasteiger partial charge in [0.2, 0.25) is 10.0 Å². The van der Waals surface area contributed by atoms with Crippen LogP contribution in [0.15, 0.2) is 30.3 Å². The smallest absolute Gasteiger partial charge is 0.359 e. The average Bonchev–Trinajstić information content (AvgIpc) is 2.55. The fraction of sp³-hybridized carbons (Fsp3) is 0.500. The quantitative estimate of drug-likeness (QED) is 0.794. The Kier molecular flexibility index (Phi) is 6.56. The summed E-state index contributed by atoms with van der Waals surface area (Å²) in [5.74, 6) is 0.426. The van der Waals surface area contributed by atoms with E-state index in [1.165, 1.54) is 7.11 Å². The summed E-state index contributed by atoms with van der Waals surface area (Å²) in [5.41, 5.74) is 1.88. The predicted octanol–water partition coefficient (Wildman–Crippen LogP) is 2.55. The second kappa shape index (κ2) is 8.24. The maximum Gasteiger partial charge on any atom is 0.359 e.